The quantitative estimate of drug-likeness (QED) is 0.298. The van der Waals surface area contributed by atoms with Crippen molar-refractivity contribution in [3.05, 3.63) is 89.5 Å². The van der Waals surface area contributed by atoms with Gasteiger partial charge >= 0.3 is 0 Å². The summed E-state index contributed by atoms with van der Waals surface area (Å²) >= 11 is 1.16. The molecule has 0 saturated heterocycles. The molecule has 1 amide bonds. The fourth-order valence-corrected chi connectivity index (χ4v) is 5.29. The summed E-state index contributed by atoms with van der Waals surface area (Å²) < 4.78 is 0. The van der Waals surface area contributed by atoms with Gasteiger partial charge in [-0.25, -0.2) is 0 Å². The lowest BCUT2D eigenvalue weighted by Crippen LogP contribution is -2.50. The van der Waals surface area contributed by atoms with E-state index in [0.717, 1.165) is 45.6 Å². The first-order valence-electron chi connectivity index (χ1n) is 11.9. The number of rotatable bonds is 6. The maximum absolute atomic E-state index is 13.8. The molecule has 0 unspecified atom stereocenters. The number of para-hydroxylation sites is 1. The van der Waals surface area contributed by atoms with Gasteiger partial charge in [-0.15, -0.1) is 0 Å². The molecule has 0 radical (unpaired) electrons. The molecule has 34 heavy (non-hydrogen) atoms. The van der Waals surface area contributed by atoms with Crippen LogP contribution in [0.2, 0.25) is 0 Å². The Morgan fingerprint density at radius 3 is 2.35 bits per heavy atom. The number of hydrogen-bond acceptors (Lipinski definition) is 4. The Labute approximate surface area is 207 Å². The van der Waals surface area contributed by atoms with Crippen molar-refractivity contribution < 1.29 is 4.79 Å². The van der Waals surface area contributed by atoms with Crippen molar-refractivity contribution in [2.45, 2.75) is 57.0 Å². The molecule has 0 saturated carbocycles. The Kier molecular flexibility index (Phi) is 7.29. The van der Waals surface area contributed by atoms with Gasteiger partial charge in [0.25, 0.3) is 5.91 Å². The molecular weight excluding hydrogens is 438 g/mol. The lowest BCUT2D eigenvalue weighted by molar-refractivity contribution is 0.0960. The number of amides is 1. The van der Waals surface area contributed by atoms with Gasteiger partial charge in [0.1, 0.15) is 5.40 Å². The smallest absolute Gasteiger partial charge is 0.258 e. The van der Waals surface area contributed by atoms with Crippen LogP contribution < -0.4 is 10.2 Å². The van der Waals surface area contributed by atoms with E-state index in [1.807, 2.05) is 53.4 Å². The number of nitrogens with zero attached hydrogens (tertiary/aromatic N) is 2. The van der Waals surface area contributed by atoms with E-state index in [1.165, 1.54) is 5.56 Å². The highest BCUT2D eigenvalue weighted by Crippen LogP contribution is 2.44. The van der Waals surface area contributed by atoms with Crippen LogP contribution in [0.5, 0.6) is 0 Å². The van der Waals surface area contributed by atoms with Crippen molar-refractivity contribution in [3.8, 4) is 5.40 Å². The second-order valence-electron chi connectivity index (χ2n) is 9.19. The lowest BCUT2D eigenvalue weighted by atomic mass is 9.80. The van der Waals surface area contributed by atoms with E-state index < -0.39 is 0 Å². The number of thiocyanates is 1. The number of fused-ring (bicyclic) bond motifs is 1. The van der Waals surface area contributed by atoms with E-state index in [2.05, 4.69) is 62.7 Å². The average molecular weight is 470 g/mol. The number of anilines is 2. The first-order chi connectivity index (χ1) is 16.4. The van der Waals surface area contributed by atoms with Crippen LogP contribution in [0.3, 0.4) is 0 Å². The van der Waals surface area contributed by atoms with E-state index in [-0.39, 0.29) is 23.9 Å². The molecule has 3 aromatic rings. The molecule has 3 aromatic carbocycles. The van der Waals surface area contributed by atoms with Crippen molar-refractivity contribution in [2.75, 3.05) is 10.2 Å². The lowest BCUT2D eigenvalue weighted by Gasteiger charge is -2.45. The second-order valence-corrected chi connectivity index (χ2v) is 10.0. The van der Waals surface area contributed by atoms with Crippen LogP contribution in [0.25, 0.3) is 0 Å². The van der Waals surface area contributed by atoms with E-state index in [0.29, 0.717) is 5.92 Å². The van der Waals surface area contributed by atoms with E-state index in [9.17, 15) is 4.79 Å². The van der Waals surface area contributed by atoms with Gasteiger partial charge in [-0.3, -0.25) is 4.79 Å². The van der Waals surface area contributed by atoms with Gasteiger partial charge < -0.3 is 10.2 Å². The SMILES string of the molecule is CC[C@@H]1[C@@H](C)[C@H](Nc2ccc(SC#N)cc2)c2ccccc2N1C(=O)c1ccc(C(C)C)cc1. The Hall–Kier alpha value is -3.23. The minimum atomic E-state index is 0.0535. The molecule has 1 N–H and O–H groups in total. The fourth-order valence-electron chi connectivity index (χ4n) is 4.91. The van der Waals surface area contributed by atoms with Gasteiger partial charge in [-0.1, -0.05) is 58.0 Å². The maximum Gasteiger partial charge on any atom is 0.258 e. The number of nitrogens with one attached hydrogen (secondary N) is 1. The Bertz CT molecular complexity index is 1180. The third kappa shape index (κ3) is 4.69. The molecule has 4 nitrogen and oxygen atoms in total. The highest BCUT2D eigenvalue weighted by atomic mass is 32.2. The number of thioether (sulfide) groups is 1. The summed E-state index contributed by atoms with van der Waals surface area (Å²) in [5, 5.41) is 14.7. The zero-order valence-electron chi connectivity index (χ0n) is 20.2. The van der Waals surface area contributed by atoms with Gasteiger partial charge in [0, 0.05) is 33.8 Å². The monoisotopic (exact) mass is 469 g/mol. The van der Waals surface area contributed by atoms with Crippen LogP contribution in [-0.2, 0) is 0 Å². The summed E-state index contributed by atoms with van der Waals surface area (Å²) in [6, 6.07) is 24.4. The van der Waals surface area contributed by atoms with Crippen LogP contribution in [-0.4, -0.2) is 11.9 Å². The van der Waals surface area contributed by atoms with Crippen molar-refractivity contribution >= 4 is 29.0 Å². The highest BCUT2D eigenvalue weighted by molar-refractivity contribution is 8.03. The Balaban J connectivity index is 1.68. The first-order valence-corrected chi connectivity index (χ1v) is 12.7. The Morgan fingerprint density at radius 2 is 1.74 bits per heavy atom. The second kappa shape index (κ2) is 10.4. The molecular formula is C29H31N3OS. The zero-order valence-corrected chi connectivity index (χ0v) is 21.0. The molecule has 1 heterocycles. The zero-order chi connectivity index (χ0) is 24.2. The molecule has 0 aromatic heterocycles. The average Bonchev–Trinajstić information content (AvgIpc) is 2.86. The van der Waals surface area contributed by atoms with Crippen molar-refractivity contribution in [1.82, 2.24) is 0 Å². The van der Waals surface area contributed by atoms with Gasteiger partial charge in [0.05, 0.1) is 6.04 Å². The molecule has 174 valence electrons. The standard InChI is InChI=1S/C29H31N3OS/c1-5-26-20(4)28(31-23-14-16-24(17-15-23)34-18-30)25-8-6-7-9-27(25)32(26)29(33)22-12-10-21(11-13-22)19(2)3/h6-17,19-20,26,28,31H,5H2,1-4H3/t20-,26-,28+/m1/s1. The van der Waals surface area contributed by atoms with E-state index in [4.69, 9.17) is 5.26 Å². The summed E-state index contributed by atoms with van der Waals surface area (Å²) in [4.78, 5) is 16.7. The predicted octanol–water partition coefficient (Wildman–Crippen LogP) is 7.61. The molecule has 0 aliphatic carbocycles. The maximum atomic E-state index is 13.8. The number of benzene rings is 3. The van der Waals surface area contributed by atoms with Crippen LogP contribution in [0, 0.1) is 16.6 Å². The number of carbonyl (C=O) groups is 1. The van der Waals surface area contributed by atoms with Crippen LogP contribution in [0.4, 0.5) is 11.4 Å². The minimum Gasteiger partial charge on any atom is -0.378 e. The van der Waals surface area contributed by atoms with Gasteiger partial charge in [-0.2, -0.15) is 5.26 Å². The largest absolute Gasteiger partial charge is 0.378 e. The summed E-state index contributed by atoms with van der Waals surface area (Å²) in [6.07, 6.45) is 0.862. The summed E-state index contributed by atoms with van der Waals surface area (Å²) in [5.74, 6) is 0.687. The molecule has 0 fully saturated rings. The molecule has 4 rings (SSSR count). The topological polar surface area (TPSA) is 56.1 Å². The number of carbonyl (C=O) groups excluding carboxylic acids is 1. The fraction of sp³-hybridized carbons (Fsp3) is 0.310. The van der Waals surface area contributed by atoms with Crippen LogP contribution >= 0.6 is 11.8 Å². The van der Waals surface area contributed by atoms with Crippen LogP contribution in [0.1, 0.15) is 67.6 Å². The minimum absolute atomic E-state index is 0.0535. The summed E-state index contributed by atoms with van der Waals surface area (Å²) in [7, 11) is 0. The molecule has 0 bridgehead atoms. The van der Waals surface area contributed by atoms with Crippen molar-refractivity contribution in [2.24, 2.45) is 5.92 Å². The van der Waals surface area contributed by atoms with E-state index >= 15 is 0 Å². The highest BCUT2D eigenvalue weighted by Gasteiger charge is 2.40. The third-order valence-electron chi connectivity index (χ3n) is 6.80. The predicted molar refractivity (Wildman–Crippen MR) is 141 cm³/mol. The molecule has 5 heteroatoms. The third-order valence-corrected chi connectivity index (χ3v) is 7.40. The van der Waals surface area contributed by atoms with Gasteiger partial charge in [0.15, 0.2) is 0 Å². The normalized spacial score (nSPS) is 19.4. The number of nitriles is 1. The molecule has 0 spiro atoms. The first kappa shape index (κ1) is 23.9. The van der Waals surface area contributed by atoms with Crippen LogP contribution in [0.15, 0.2) is 77.7 Å². The van der Waals surface area contributed by atoms with Gasteiger partial charge in [-0.05, 0) is 77.7 Å². The summed E-state index contributed by atoms with van der Waals surface area (Å²) in [5.41, 5.74) is 5.07. The Morgan fingerprint density at radius 1 is 1.06 bits per heavy atom. The van der Waals surface area contributed by atoms with Crippen molar-refractivity contribution in [3.63, 3.8) is 0 Å². The number of hydrogen-bond donors (Lipinski definition) is 1. The molecule has 3 atom stereocenters. The van der Waals surface area contributed by atoms with E-state index in [1.54, 1.807) is 0 Å². The molecule has 1 aliphatic rings. The van der Waals surface area contributed by atoms with Gasteiger partial charge in [0.2, 0.25) is 0 Å². The summed E-state index contributed by atoms with van der Waals surface area (Å²) in [6.45, 7) is 8.71. The van der Waals surface area contributed by atoms with Crippen molar-refractivity contribution in [1.29, 1.82) is 5.26 Å². The molecule has 1 aliphatic heterocycles.